The third-order valence-electron chi connectivity index (χ3n) is 6.59. The second-order valence-electron chi connectivity index (χ2n) is 9.08. The fourth-order valence-corrected chi connectivity index (χ4v) is 4.52. The number of rotatable bonds is 4. The fraction of sp³-hybridized carbons (Fsp3) is 0.320. The maximum absolute atomic E-state index is 13.2. The first-order chi connectivity index (χ1) is 16.5. The third-order valence-corrected chi connectivity index (χ3v) is 6.59. The summed E-state index contributed by atoms with van der Waals surface area (Å²) in [5.41, 5.74) is 3.37. The molecule has 1 aliphatic heterocycles. The number of nitrogens with zero attached hydrogens (tertiary/aromatic N) is 5. The van der Waals surface area contributed by atoms with Gasteiger partial charge in [-0.2, -0.15) is 18.3 Å². The summed E-state index contributed by atoms with van der Waals surface area (Å²) in [7, 11) is 1.87. The number of aromatic nitrogens is 5. The van der Waals surface area contributed by atoms with E-state index in [0.29, 0.717) is 18.7 Å². The van der Waals surface area contributed by atoms with Crippen molar-refractivity contribution < 1.29 is 18.3 Å². The van der Waals surface area contributed by atoms with Gasteiger partial charge in [0.1, 0.15) is 0 Å². The highest BCUT2D eigenvalue weighted by Gasteiger charge is 2.51. The molecule has 2 atom stereocenters. The summed E-state index contributed by atoms with van der Waals surface area (Å²) in [5.74, 6) is 0. The number of fused-ring (bicyclic) bond motifs is 3. The first kappa shape index (κ1) is 23.1. The Morgan fingerprint density at radius 1 is 1.09 bits per heavy atom. The number of nitrogens with one attached hydrogen (secondary N) is 1. The van der Waals surface area contributed by atoms with E-state index < -0.39 is 11.8 Å². The monoisotopic (exact) mass is 482 g/mol. The maximum Gasteiger partial charge on any atom is 0.421 e. The molecule has 2 aromatic carbocycles. The van der Waals surface area contributed by atoms with E-state index in [-0.39, 0.29) is 11.6 Å². The molecule has 182 valence electrons. The van der Waals surface area contributed by atoms with Gasteiger partial charge in [-0.15, -0.1) is 5.10 Å². The molecule has 7 nitrogen and oxygen atoms in total. The predicted molar refractivity (Wildman–Crippen MR) is 125 cm³/mol. The molecule has 1 aliphatic rings. The van der Waals surface area contributed by atoms with Crippen LogP contribution in [0.15, 0.2) is 54.9 Å². The van der Waals surface area contributed by atoms with Crippen LogP contribution in [0, 0.1) is 6.92 Å². The number of hydrogen-bond acceptors (Lipinski definition) is 5. The van der Waals surface area contributed by atoms with Crippen LogP contribution in [0.5, 0.6) is 0 Å². The Morgan fingerprint density at radius 2 is 1.83 bits per heavy atom. The maximum atomic E-state index is 13.2. The summed E-state index contributed by atoms with van der Waals surface area (Å²) < 4.78 is 43.3. The second kappa shape index (κ2) is 8.23. The lowest BCUT2D eigenvalue weighted by Crippen LogP contribution is -2.39. The van der Waals surface area contributed by atoms with Gasteiger partial charge in [0.25, 0.3) is 0 Å². The number of aliphatic hydroxyl groups is 1. The molecule has 2 unspecified atom stereocenters. The summed E-state index contributed by atoms with van der Waals surface area (Å²) in [6.07, 6.45) is -0.315. The van der Waals surface area contributed by atoms with E-state index in [4.69, 9.17) is 0 Å². The summed E-state index contributed by atoms with van der Waals surface area (Å²) >= 11 is 0. The zero-order valence-electron chi connectivity index (χ0n) is 19.5. The van der Waals surface area contributed by atoms with Crippen molar-refractivity contribution in [3.05, 3.63) is 71.7 Å². The Hall–Kier alpha value is -3.66. The molecule has 3 heterocycles. The molecule has 0 saturated heterocycles. The molecule has 4 aromatic rings. The van der Waals surface area contributed by atoms with E-state index in [9.17, 15) is 18.3 Å². The van der Waals surface area contributed by atoms with Gasteiger partial charge in [0, 0.05) is 36.6 Å². The number of benzene rings is 2. The van der Waals surface area contributed by atoms with Crippen molar-refractivity contribution in [1.29, 1.82) is 0 Å². The van der Waals surface area contributed by atoms with Crippen molar-refractivity contribution in [3.8, 4) is 22.4 Å². The van der Waals surface area contributed by atoms with E-state index in [2.05, 4.69) is 32.9 Å². The molecule has 5 rings (SSSR count). The number of alkyl halides is 3. The number of halogens is 3. The highest BCUT2D eigenvalue weighted by molar-refractivity contribution is 5.74. The Labute approximate surface area is 200 Å². The third kappa shape index (κ3) is 4.07. The van der Waals surface area contributed by atoms with Crippen LogP contribution >= 0.6 is 0 Å². The fourth-order valence-electron chi connectivity index (χ4n) is 4.52. The van der Waals surface area contributed by atoms with Gasteiger partial charge in [-0.1, -0.05) is 29.5 Å². The normalized spacial score (nSPS) is 17.3. The van der Waals surface area contributed by atoms with Crippen LogP contribution in [0.2, 0.25) is 0 Å². The molecule has 0 aliphatic carbocycles. The highest BCUT2D eigenvalue weighted by atomic mass is 19.4. The molecule has 0 bridgehead atoms. The van der Waals surface area contributed by atoms with Gasteiger partial charge in [-0.25, -0.2) is 4.68 Å². The molecule has 0 saturated carbocycles. The molecule has 35 heavy (non-hydrogen) atoms. The summed E-state index contributed by atoms with van der Waals surface area (Å²) in [5, 5.41) is 26.3. The highest BCUT2D eigenvalue weighted by Crippen LogP contribution is 2.41. The van der Waals surface area contributed by atoms with E-state index in [0.717, 1.165) is 40.6 Å². The quantitative estimate of drug-likeness (QED) is 0.429. The topological polar surface area (TPSA) is 80.8 Å². The Balaban J connectivity index is 1.52. The molecule has 0 fully saturated rings. The van der Waals surface area contributed by atoms with Crippen molar-refractivity contribution in [2.45, 2.75) is 44.6 Å². The van der Waals surface area contributed by atoms with Crippen LogP contribution in [0.25, 0.3) is 22.4 Å². The van der Waals surface area contributed by atoms with Crippen molar-refractivity contribution in [3.63, 3.8) is 0 Å². The van der Waals surface area contributed by atoms with E-state index in [1.54, 1.807) is 16.8 Å². The van der Waals surface area contributed by atoms with Gasteiger partial charge in [-0.05, 0) is 55.2 Å². The summed E-state index contributed by atoms with van der Waals surface area (Å²) in [6.45, 7) is 3.32. The van der Waals surface area contributed by atoms with Gasteiger partial charge < -0.3 is 10.4 Å². The molecule has 2 N–H and O–H groups in total. The van der Waals surface area contributed by atoms with Gasteiger partial charge in [0.05, 0.1) is 23.6 Å². The van der Waals surface area contributed by atoms with Gasteiger partial charge in [-0.3, -0.25) is 4.68 Å². The Morgan fingerprint density at radius 3 is 2.49 bits per heavy atom. The van der Waals surface area contributed by atoms with Gasteiger partial charge >= 0.3 is 6.18 Å². The molecule has 2 aromatic heterocycles. The lowest BCUT2D eigenvalue weighted by atomic mass is 9.92. The Kier molecular flexibility index (Phi) is 5.43. The zero-order chi connectivity index (χ0) is 25.0. The minimum absolute atomic E-state index is 0.128. The standard InChI is InChI=1S/C25H25F3N6O/c1-15-23-20-9-4-16(17-13-29-33(3)14-17)12-21(20)22(10-11-34(23)32-31-15)30-19-7-5-18(6-8-19)24(2,35)25(26,27)28/h4-9,12-14,22,30,35H,10-11H2,1-3H3. The van der Waals surface area contributed by atoms with Gasteiger partial charge in [0.2, 0.25) is 0 Å². The van der Waals surface area contributed by atoms with Crippen molar-refractivity contribution >= 4 is 5.69 Å². The molecule has 10 heteroatoms. The average Bonchev–Trinajstić information content (AvgIpc) is 3.37. The lowest BCUT2D eigenvalue weighted by Gasteiger charge is -2.27. The second-order valence-corrected chi connectivity index (χ2v) is 9.08. The molecule has 0 radical (unpaired) electrons. The number of anilines is 1. The number of aryl methyl sites for hydroxylation is 3. The minimum Gasteiger partial charge on any atom is -0.378 e. The van der Waals surface area contributed by atoms with E-state index >= 15 is 0 Å². The molecular weight excluding hydrogens is 457 g/mol. The average molecular weight is 483 g/mol. The summed E-state index contributed by atoms with van der Waals surface area (Å²) in [4.78, 5) is 0. The first-order valence-electron chi connectivity index (χ1n) is 11.2. The first-order valence-corrected chi connectivity index (χ1v) is 11.2. The molecular formula is C25H25F3N6O. The van der Waals surface area contributed by atoms with Gasteiger partial charge in [0.15, 0.2) is 5.60 Å². The van der Waals surface area contributed by atoms with Crippen LogP contribution in [-0.4, -0.2) is 36.1 Å². The van der Waals surface area contributed by atoms with E-state index in [1.165, 1.54) is 12.1 Å². The number of hydrogen-bond donors (Lipinski definition) is 2. The van der Waals surface area contributed by atoms with Crippen molar-refractivity contribution in [2.24, 2.45) is 7.05 Å². The van der Waals surface area contributed by atoms with Crippen LogP contribution < -0.4 is 5.32 Å². The molecule has 0 amide bonds. The molecule has 0 spiro atoms. The van der Waals surface area contributed by atoms with Crippen LogP contribution in [0.3, 0.4) is 0 Å². The predicted octanol–water partition coefficient (Wildman–Crippen LogP) is 4.98. The van der Waals surface area contributed by atoms with Crippen LogP contribution in [0.4, 0.5) is 18.9 Å². The zero-order valence-corrected chi connectivity index (χ0v) is 19.5. The minimum atomic E-state index is -4.77. The van der Waals surface area contributed by atoms with E-state index in [1.807, 2.05) is 37.1 Å². The van der Waals surface area contributed by atoms with Crippen LogP contribution in [-0.2, 0) is 19.2 Å². The largest absolute Gasteiger partial charge is 0.421 e. The summed E-state index contributed by atoms with van der Waals surface area (Å²) in [6, 6.07) is 11.8. The lowest BCUT2D eigenvalue weighted by molar-refractivity contribution is -0.258. The van der Waals surface area contributed by atoms with Crippen molar-refractivity contribution in [2.75, 3.05) is 5.32 Å². The van der Waals surface area contributed by atoms with Crippen molar-refractivity contribution in [1.82, 2.24) is 24.8 Å². The Bertz CT molecular complexity index is 1370. The smallest absolute Gasteiger partial charge is 0.378 e. The van der Waals surface area contributed by atoms with Crippen LogP contribution in [0.1, 0.15) is 36.2 Å². The SMILES string of the molecule is Cc1nnn2c1-c1ccc(-c3cnn(C)c3)cc1C(Nc1ccc(C(C)(O)C(F)(F)F)cc1)CC2.